The molecule has 0 saturated heterocycles. The second-order valence-corrected chi connectivity index (χ2v) is 7.49. The molecule has 0 fully saturated rings. The van der Waals surface area contributed by atoms with Crippen LogP contribution in [-0.2, 0) is 6.54 Å². The Bertz CT molecular complexity index is 968. The van der Waals surface area contributed by atoms with Crippen molar-refractivity contribution in [3.63, 3.8) is 0 Å². The van der Waals surface area contributed by atoms with Gasteiger partial charge in [-0.15, -0.1) is 0 Å². The Hall–Kier alpha value is -2.94. The topological polar surface area (TPSA) is 85.1 Å². The maximum absolute atomic E-state index is 12.5. The van der Waals surface area contributed by atoms with Crippen molar-refractivity contribution < 1.29 is 9.59 Å². The van der Waals surface area contributed by atoms with Gasteiger partial charge >= 0.3 is 160 Å². The van der Waals surface area contributed by atoms with Crippen LogP contribution in [0.15, 0.2) is 84.9 Å². The predicted molar refractivity (Wildman–Crippen MR) is 116 cm³/mol. The molecule has 0 saturated carbocycles. The van der Waals surface area contributed by atoms with Gasteiger partial charge in [0.05, 0.1) is 0 Å². The Morgan fingerprint density at radius 2 is 1.41 bits per heavy atom. The van der Waals surface area contributed by atoms with Crippen molar-refractivity contribution in [3.05, 3.63) is 107 Å². The van der Waals surface area contributed by atoms with Crippen LogP contribution in [0.1, 0.15) is 32.1 Å². The Balaban J connectivity index is 2.23. The number of hydrogen-bond acceptors (Lipinski definition) is 3. The van der Waals surface area contributed by atoms with E-state index >= 15 is 0 Å². The van der Waals surface area contributed by atoms with Crippen molar-refractivity contribution in [1.29, 1.82) is 0 Å². The first kappa shape index (κ1) is 22.3. The van der Waals surface area contributed by atoms with Gasteiger partial charge < -0.3 is 0 Å². The third-order valence-corrected chi connectivity index (χ3v) is 4.42. The van der Waals surface area contributed by atoms with Gasteiger partial charge in [-0.2, -0.15) is 0 Å². The first-order chi connectivity index (χ1) is 14.0. The fraction of sp³-hybridized carbons (Fsp3) is 0.0870. The molecule has 0 aliphatic heterocycles. The van der Waals surface area contributed by atoms with Crippen LogP contribution >= 0.6 is 0 Å². The Morgan fingerprint density at radius 3 is 1.97 bits per heavy atom. The molecule has 147 valence electrons. The molecular formula is C23H22N3O2Te. The van der Waals surface area contributed by atoms with Crippen molar-refractivity contribution in [2.45, 2.75) is 13.5 Å². The first-order valence-electron chi connectivity index (χ1n) is 8.95. The molecule has 0 spiro atoms. The average molecular weight is 500 g/mol. The zero-order valence-electron chi connectivity index (χ0n) is 16.0. The van der Waals surface area contributed by atoms with Crippen molar-refractivity contribution in [2.24, 2.45) is 5.73 Å². The molecule has 2 rings (SSSR count). The van der Waals surface area contributed by atoms with Gasteiger partial charge in [-0.25, -0.2) is 0 Å². The standard InChI is InChI=1S/C23H22N3O2Te/c1-17-10-6-2-4-8-12-18(13-9-5-3-7-11-17)16-25-23(28)21-15-19(29)14-20(26-21)22(24)27/h2-15H,16H2,1H3,(H2,24,27)(H,25,28). The summed E-state index contributed by atoms with van der Waals surface area (Å²) in [6, 6.07) is 26.6. The van der Waals surface area contributed by atoms with Gasteiger partial charge in [0.25, 0.3) is 0 Å². The third kappa shape index (κ3) is 8.30. The minimum absolute atomic E-state index is 0.0761. The number of rotatable bonds is 4. The van der Waals surface area contributed by atoms with Crippen LogP contribution in [0.5, 0.6) is 0 Å². The summed E-state index contributed by atoms with van der Waals surface area (Å²) in [6.07, 6.45) is 0. The summed E-state index contributed by atoms with van der Waals surface area (Å²) in [5.41, 5.74) is 7.58. The van der Waals surface area contributed by atoms with Crippen LogP contribution in [0.4, 0.5) is 0 Å². The van der Waals surface area contributed by atoms with Gasteiger partial charge in [-0.3, -0.25) is 0 Å². The van der Waals surface area contributed by atoms with E-state index in [1.807, 2.05) is 79.7 Å². The Kier molecular flexibility index (Phi) is 9.10. The number of hydrogen-bond donors (Lipinski definition) is 2. The SMILES string of the molecule is Cc1ccccccc(CNC(=O)c2cc([Te])cc(C(N)=O)n2)cccccc1. The van der Waals surface area contributed by atoms with Gasteiger partial charge in [0.1, 0.15) is 0 Å². The van der Waals surface area contributed by atoms with E-state index in [9.17, 15) is 9.59 Å². The zero-order chi connectivity index (χ0) is 21.1. The number of nitrogens with two attached hydrogens (primary N) is 1. The second-order valence-electron chi connectivity index (χ2n) is 6.15. The molecule has 2 amide bonds. The van der Waals surface area contributed by atoms with Crippen LogP contribution in [-0.4, -0.2) is 39.1 Å². The van der Waals surface area contributed by atoms with Gasteiger partial charge in [0.15, 0.2) is 0 Å². The molecule has 3 N–H and O–H groups in total. The van der Waals surface area contributed by atoms with E-state index in [1.165, 1.54) is 0 Å². The summed E-state index contributed by atoms with van der Waals surface area (Å²) in [4.78, 5) is 27.9. The zero-order valence-corrected chi connectivity index (χ0v) is 18.4. The van der Waals surface area contributed by atoms with Gasteiger partial charge in [-0.1, -0.05) is 17.7 Å². The van der Waals surface area contributed by atoms with Crippen LogP contribution < -0.4 is 14.7 Å². The van der Waals surface area contributed by atoms with Crippen LogP contribution in [0, 0.1) is 6.92 Å². The number of nitrogens with zero attached hydrogens (tertiary/aromatic N) is 1. The molecule has 0 atom stereocenters. The van der Waals surface area contributed by atoms with E-state index < -0.39 is 5.91 Å². The molecule has 1 aromatic carbocycles. The van der Waals surface area contributed by atoms with Crippen molar-refractivity contribution >= 4 is 37.7 Å². The molecule has 0 unspecified atom stereocenters. The van der Waals surface area contributed by atoms with Crippen molar-refractivity contribution in [1.82, 2.24) is 10.3 Å². The number of aromatic nitrogens is 1. The van der Waals surface area contributed by atoms with Crippen molar-refractivity contribution in [2.75, 3.05) is 0 Å². The van der Waals surface area contributed by atoms with E-state index in [-0.39, 0.29) is 17.3 Å². The minimum Gasteiger partial charge on any atom is -0.0593 e. The van der Waals surface area contributed by atoms with Crippen LogP contribution in [0.3, 0.4) is 0 Å². The number of aryl methyl sites for hydroxylation is 1. The summed E-state index contributed by atoms with van der Waals surface area (Å²) in [5, 5.41) is 2.83. The van der Waals surface area contributed by atoms with Gasteiger partial charge in [0, 0.05) is 0 Å². The summed E-state index contributed by atoms with van der Waals surface area (Å²) in [6.45, 7) is 2.35. The van der Waals surface area contributed by atoms with E-state index in [0.717, 1.165) is 14.7 Å². The minimum atomic E-state index is -0.662. The van der Waals surface area contributed by atoms with Crippen LogP contribution in [0.25, 0.3) is 0 Å². The molecule has 0 bridgehead atoms. The predicted octanol–water partition coefficient (Wildman–Crippen LogP) is 2.46. The number of pyridine rings is 1. The number of carbonyl (C=O) groups excluding carboxylic acids is 2. The van der Waals surface area contributed by atoms with Gasteiger partial charge in [-0.05, 0) is 6.92 Å². The molecule has 0 aliphatic rings. The summed E-state index contributed by atoms with van der Waals surface area (Å²) in [5.74, 6) is -1.03. The number of carbonyl (C=O) groups is 2. The molecule has 5 nitrogen and oxygen atoms in total. The Labute approximate surface area is 183 Å². The fourth-order valence-corrected chi connectivity index (χ4v) is 2.92. The number of amides is 2. The number of nitrogens with one attached hydrogen (secondary N) is 1. The second kappa shape index (κ2) is 11.8. The van der Waals surface area contributed by atoms with E-state index in [1.54, 1.807) is 34.4 Å². The average Bonchev–Trinajstić information content (AvgIpc) is 2.69. The molecule has 1 heterocycles. The van der Waals surface area contributed by atoms with E-state index in [4.69, 9.17) is 5.73 Å². The van der Waals surface area contributed by atoms with E-state index in [0.29, 0.717) is 6.54 Å². The summed E-state index contributed by atoms with van der Waals surface area (Å²) < 4.78 is 0.754. The molecule has 1 radical (unpaired) electrons. The molecule has 29 heavy (non-hydrogen) atoms. The normalized spacial score (nSPS) is 9.55. The smallest absolute Gasteiger partial charge is 0.0593 e. The summed E-state index contributed by atoms with van der Waals surface area (Å²) in [7, 11) is 0. The monoisotopic (exact) mass is 502 g/mol. The third-order valence-electron chi connectivity index (χ3n) is 3.74. The fourth-order valence-electron chi connectivity index (χ4n) is 2.28. The number of primary amides is 1. The van der Waals surface area contributed by atoms with Crippen LogP contribution in [0.2, 0.25) is 0 Å². The Morgan fingerprint density at radius 1 is 0.897 bits per heavy atom. The molecular weight excluding hydrogens is 478 g/mol. The molecule has 0 aliphatic carbocycles. The van der Waals surface area contributed by atoms with Crippen molar-refractivity contribution in [3.8, 4) is 0 Å². The first-order valence-corrected chi connectivity index (χ1v) is 10.1. The molecule has 1 aromatic heterocycles. The molecule has 6 heteroatoms. The molecule has 2 aromatic rings. The maximum atomic E-state index is 12.5. The van der Waals surface area contributed by atoms with E-state index in [2.05, 4.69) is 10.3 Å². The quantitative estimate of drug-likeness (QED) is 0.634. The summed E-state index contributed by atoms with van der Waals surface area (Å²) >= 11 is 1.70. The van der Waals surface area contributed by atoms with Gasteiger partial charge in [0.2, 0.25) is 0 Å².